The third-order valence-electron chi connectivity index (χ3n) is 2.93. The molecule has 0 saturated carbocycles. The van der Waals surface area contributed by atoms with Crippen molar-refractivity contribution in [2.45, 2.75) is 13.8 Å². The Morgan fingerprint density at radius 1 is 1.05 bits per heavy atom. The normalized spacial score (nSPS) is 10.0. The van der Waals surface area contributed by atoms with E-state index in [-0.39, 0.29) is 12.5 Å². The maximum Gasteiger partial charge on any atom is 0.262 e. The highest BCUT2D eigenvalue weighted by atomic mass is 16.5. The van der Waals surface area contributed by atoms with Gasteiger partial charge in [-0.25, -0.2) is 0 Å². The molecule has 4 nitrogen and oxygen atoms in total. The van der Waals surface area contributed by atoms with Crippen LogP contribution in [0, 0.1) is 13.8 Å². The van der Waals surface area contributed by atoms with Gasteiger partial charge in [0.05, 0.1) is 7.11 Å². The van der Waals surface area contributed by atoms with Gasteiger partial charge in [-0.15, -0.1) is 0 Å². The number of carbonyl (C=O) groups is 1. The molecule has 0 bridgehead atoms. The van der Waals surface area contributed by atoms with Gasteiger partial charge in [0.25, 0.3) is 5.91 Å². The summed E-state index contributed by atoms with van der Waals surface area (Å²) in [7, 11) is 1.57. The van der Waals surface area contributed by atoms with Crippen LogP contribution in [0.25, 0.3) is 0 Å². The van der Waals surface area contributed by atoms with E-state index in [1.165, 1.54) is 0 Å². The van der Waals surface area contributed by atoms with E-state index in [9.17, 15) is 4.79 Å². The number of rotatable bonds is 5. The average molecular weight is 285 g/mol. The zero-order valence-corrected chi connectivity index (χ0v) is 12.5. The number of amides is 1. The summed E-state index contributed by atoms with van der Waals surface area (Å²) in [5.41, 5.74) is 2.99. The Labute approximate surface area is 124 Å². The van der Waals surface area contributed by atoms with Crippen LogP contribution >= 0.6 is 0 Å². The second-order valence-electron chi connectivity index (χ2n) is 4.86. The van der Waals surface area contributed by atoms with E-state index in [1.54, 1.807) is 19.2 Å². The molecular formula is C17H19NO3. The molecule has 0 unspecified atom stereocenters. The number of para-hydroxylation sites is 2. The Balaban J connectivity index is 1.96. The molecule has 0 fully saturated rings. The zero-order chi connectivity index (χ0) is 15.2. The summed E-state index contributed by atoms with van der Waals surface area (Å²) < 4.78 is 10.7. The van der Waals surface area contributed by atoms with Gasteiger partial charge in [0.15, 0.2) is 18.1 Å². The number of aryl methyl sites for hydroxylation is 2. The van der Waals surface area contributed by atoms with Crippen molar-refractivity contribution in [3.63, 3.8) is 0 Å². The summed E-state index contributed by atoms with van der Waals surface area (Å²) >= 11 is 0. The fourth-order valence-corrected chi connectivity index (χ4v) is 2.13. The van der Waals surface area contributed by atoms with Crippen molar-refractivity contribution in [1.29, 1.82) is 0 Å². The van der Waals surface area contributed by atoms with Gasteiger partial charge < -0.3 is 14.8 Å². The number of carbonyl (C=O) groups excluding carboxylic acids is 1. The lowest BCUT2D eigenvalue weighted by Crippen LogP contribution is -2.20. The smallest absolute Gasteiger partial charge is 0.262 e. The molecule has 0 heterocycles. The van der Waals surface area contributed by atoms with Crippen molar-refractivity contribution in [2.24, 2.45) is 0 Å². The Kier molecular flexibility index (Phi) is 4.82. The molecule has 2 aromatic rings. The van der Waals surface area contributed by atoms with Crippen LogP contribution in [0.15, 0.2) is 42.5 Å². The van der Waals surface area contributed by atoms with Crippen molar-refractivity contribution in [1.82, 2.24) is 0 Å². The Morgan fingerprint density at radius 2 is 1.67 bits per heavy atom. The van der Waals surface area contributed by atoms with Crippen LogP contribution in [-0.4, -0.2) is 19.6 Å². The molecular weight excluding hydrogens is 266 g/mol. The number of ether oxygens (including phenoxy) is 2. The van der Waals surface area contributed by atoms with Gasteiger partial charge in [0, 0.05) is 5.69 Å². The fraction of sp³-hybridized carbons (Fsp3) is 0.235. The molecule has 0 aromatic heterocycles. The predicted octanol–water partition coefficient (Wildman–Crippen LogP) is 3.33. The lowest BCUT2D eigenvalue weighted by atomic mass is 10.1. The lowest BCUT2D eigenvalue weighted by molar-refractivity contribution is -0.118. The minimum absolute atomic E-state index is 0.0621. The molecule has 0 aliphatic rings. The lowest BCUT2D eigenvalue weighted by Gasteiger charge is -2.11. The van der Waals surface area contributed by atoms with Crippen LogP contribution in [0.5, 0.6) is 11.5 Å². The first-order chi connectivity index (χ1) is 10.1. The predicted molar refractivity (Wildman–Crippen MR) is 83.0 cm³/mol. The largest absolute Gasteiger partial charge is 0.493 e. The van der Waals surface area contributed by atoms with Gasteiger partial charge in [0.1, 0.15) is 0 Å². The monoisotopic (exact) mass is 285 g/mol. The van der Waals surface area contributed by atoms with Gasteiger partial charge in [-0.2, -0.15) is 0 Å². The first-order valence-corrected chi connectivity index (χ1v) is 6.72. The zero-order valence-electron chi connectivity index (χ0n) is 12.5. The quantitative estimate of drug-likeness (QED) is 0.916. The molecule has 0 atom stereocenters. The van der Waals surface area contributed by atoms with Crippen LogP contribution < -0.4 is 14.8 Å². The van der Waals surface area contributed by atoms with E-state index in [0.29, 0.717) is 11.5 Å². The molecule has 4 heteroatoms. The minimum Gasteiger partial charge on any atom is -0.493 e. The van der Waals surface area contributed by atoms with Crippen LogP contribution in [0.1, 0.15) is 11.1 Å². The molecule has 0 radical (unpaired) electrons. The Hall–Kier alpha value is -2.49. The molecule has 1 amide bonds. The number of nitrogens with one attached hydrogen (secondary N) is 1. The number of benzene rings is 2. The van der Waals surface area contributed by atoms with Crippen molar-refractivity contribution in [2.75, 3.05) is 19.0 Å². The van der Waals surface area contributed by atoms with Crippen LogP contribution in [0.3, 0.4) is 0 Å². The second kappa shape index (κ2) is 6.79. The van der Waals surface area contributed by atoms with Gasteiger partial charge in [-0.05, 0) is 49.2 Å². The average Bonchev–Trinajstić information content (AvgIpc) is 2.44. The topological polar surface area (TPSA) is 47.6 Å². The summed E-state index contributed by atoms with van der Waals surface area (Å²) in [6.45, 7) is 3.93. The Bertz CT molecular complexity index is 617. The van der Waals surface area contributed by atoms with Gasteiger partial charge >= 0.3 is 0 Å². The minimum atomic E-state index is -0.203. The number of methoxy groups -OCH3 is 1. The van der Waals surface area contributed by atoms with E-state index in [0.717, 1.165) is 16.8 Å². The van der Waals surface area contributed by atoms with E-state index >= 15 is 0 Å². The maximum atomic E-state index is 11.9. The molecule has 0 spiro atoms. The summed E-state index contributed by atoms with van der Waals surface area (Å²) in [4.78, 5) is 11.9. The molecule has 2 aromatic carbocycles. The second-order valence-corrected chi connectivity index (χ2v) is 4.86. The molecule has 1 N–H and O–H groups in total. The number of anilines is 1. The van der Waals surface area contributed by atoms with Gasteiger partial charge in [-0.3, -0.25) is 4.79 Å². The van der Waals surface area contributed by atoms with Crippen molar-refractivity contribution < 1.29 is 14.3 Å². The molecule has 0 aliphatic heterocycles. The highest BCUT2D eigenvalue weighted by Gasteiger charge is 2.07. The summed E-state index contributed by atoms with van der Waals surface area (Å²) in [5, 5.41) is 2.83. The van der Waals surface area contributed by atoms with Crippen LogP contribution in [0.2, 0.25) is 0 Å². The molecule has 0 saturated heterocycles. The Morgan fingerprint density at radius 3 is 2.29 bits per heavy atom. The summed E-state index contributed by atoms with van der Waals surface area (Å²) in [5.74, 6) is 0.957. The standard InChI is InChI=1S/C17H19NO3/c1-12-8-13(2)10-14(9-12)18-17(19)11-21-16-7-5-4-6-15(16)20-3/h4-10H,11H2,1-3H3,(H,18,19). The van der Waals surface area contributed by atoms with E-state index in [4.69, 9.17) is 9.47 Å². The summed E-state index contributed by atoms with van der Waals surface area (Å²) in [6.07, 6.45) is 0. The van der Waals surface area contributed by atoms with E-state index in [2.05, 4.69) is 11.4 Å². The number of hydrogen-bond acceptors (Lipinski definition) is 3. The van der Waals surface area contributed by atoms with Crippen molar-refractivity contribution in [3.05, 3.63) is 53.6 Å². The van der Waals surface area contributed by atoms with Crippen molar-refractivity contribution in [3.8, 4) is 11.5 Å². The van der Waals surface area contributed by atoms with Crippen molar-refractivity contribution >= 4 is 11.6 Å². The van der Waals surface area contributed by atoms with Crippen LogP contribution in [0.4, 0.5) is 5.69 Å². The third-order valence-corrected chi connectivity index (χ3v) is 2.93. The number of hydrogen-bond donors (Lipinski definition) is 1. The first-order valence-electron chi connectivity index (χ1n) is 6.72. The highest BCUT2D eigenvalue weighted by molar-refractivity contribution is 5.92. The van der Waals surface area contributed by atoms with Gasteiger partial charge in [-0.1, -0.05) is 18.2 Å². The SMILES string of the molecule is COc1ccccc1OCC(=O)Nc1cc(C)cc(C)c1. The fourth-order valence-electron chi connectivity index (χ4n) is 2.13. The third kappa shape index (κ3) is 4.24. The van der Waals surface area contributed by atoms with Crippen LogP contribution in [-0.2, 0) is 4.79 Å². The summed E-state index contributed by atoms with van der Waals surface area (Å²) in [6, 6.07) is 13.1. The molecule has 0 aliphatic carbocycles. The molecule has 110 valence electrons. The molecule has 21 heavy (non-hydrogen) atoms. The molecule has 2 rings (SSSR count). The first kappa shape index (κ1) is 14.9. The van der Waals surface area contributed by atoms with E-state index in [1.807, 2.05) is 38.1 Å². The highest BCUT2D eigenvalue weighted by Crippen LogP contribution is 2.25. The van der Waals surface area contributed by atoms with Gasteiger partial charge in [0.2, 0.25) is 0 Å². The van der Waals surface area contributed by atoms with E-state index < -0.39 is 0 Å². The maximum absolute atomic E-state index is 11.9.